The van der Waals surface area contributed by atoms with Gasteiger partial charge in [-0.15, -0.1) is 0 Å². The Bertz CT molecular complexity index is 648. The Balaban J connectivity index is 1.83. The van der Waals surface area contributed by atoms with Crippen LogP contribution >= 0.6 is 0 Å². The third-order valence-electron chi connectivity index (χ3n) is 3.34. The Morgan fingerprint density at radius 2 is 1.55 bits per heavy atom. The van der Waals surface area contributed by atoms with Gasteiger partial charge in [0.15, 0.2) is 0 Å². The molecule has 0 N–H and O–H groups in total. The smallest absolute Gasteiger partial charge is 0.137 e. The molecule has 2 aromatic rings. The van der Waals surface area contributed by atoms with Crippen LogP contribution in [0.15, 0.2) is 48.5 Å². The molecule has 0 unspecified atom stereocenters. The highest BCUT2D eigenvalue weighted by molar-refractivity contribution is 5.42. The van der Waals surface area contributed by atoms with E-state index in [0.29, 0.717) is 24.5 Å². The van der Waals surface area contributed by atoms with E-state index >= 15 is 0 Å². The van der Waals surface area contributed by atoms with Gasteiger partial charge in [-0.05, 0) is 35.2 Å². The fourth-order valence-electron chi connectivity index (χ4n) is 2.05. The van der Waals surface area contributed by atoms with E-state index in [-0.39, 0.29) is 5.41 Å². The number of nitrogens with zero attached hydrogens (tertiary/aromatic N) is 1. The summed E-state index contributed by atoms with van der Waals surface area (Å²) in [4.78, 5) is 0. The Morgan fingerprint density at radius 1 is 0.909 bits per heavy atom. The third-order valence-corrected chi connectivity index (χ3v) is 3.34. The van der Waals surface area contributed by atoms with E-state index in [1.54, 1.807) is 12.1 Å². The Morgan fingerprint density at radius 3 is 2.18 bits per heavy atom. The zero-order valence-electron chi connectivity index (χ0n) is 13.3. The topological polar surface area (TPSA) is 42.2 Å². The summed E-state index contributed by atoms with van der Waals surface area (Å²) in [6.45, 7) is 7.39. The van der Waals surface area contributed by atoms with Crippen LogP contribution in [0.4, 0.5) is 0 Å². The Labute approximate surface area is 132 Å². The largest absolute Gasteiger partial charge is 0.490 e. The molecule has 2 rings (SSSR count). The van der Waals surface area contributed by atoms with E-state index in [1.165, 1.54) is 5.56 Å². The molecule has 0 aliphatic heterocycles. The first kappa shape index (κ1) is 15.9. The fraction of sp³-hybridized carbons (Fsp3) is 0.316. The number of rotatable bonds is 5. The molecule has 2 aromatic carbocycles. The van der Waals surface area contributed by atoms with E-state index in [9.17, 15) is 0 Å². The third kappa shape index (κ3) is 4.26. The van der Waals surface area contributed by atoms with Crippen LogP contribution in [0, 0.1) is 11.3 Å². The van der Waals surface area contributed by atoms with Crippen LogP contribution in [-0.2, 0) is 5.41 Å². The number of benzene rings is 2. The van der Waals surface area contributed by atoms with Crippen molar-refractivity contribution in [2.45, 2.75) is 26.2 Å². The van der Waals surface area contributed by atoms with Crippen LogP contribution < -0.4 is 9.47 Å². The fourth-order valence-corrected chi connectivity index (χ4v) is 2.05. The molecule has 22 heavy (non-hydrogen) atoms. The summed E-state index contributed by atoms with van der Waals surface area (Å²) in [6, 6.07) is 17.4. The van der Waals surface area contributed by atoms with Crippen LogP contribution in [0.3, 0.4) is 0 Å². The molecule has 0 aliphatic rings. The van der Waals surface area contributed by atoms with Crippen molar-refractivity contribution < 1.29 is 9.47 Å². The highest BCUT2D eigenvalue weighted by Gasteiger charge is 2.12. The van der Waals surface area contributed by atoms with E-state index in [1.807, 2.05) is 24.3 Å². The highest BCUT2D eigenvalue weighted by atomic mass is 16.5. The lowest BCUT2D eigenvalue weighted by molar-refractivity contribution is 0.216. The zero-order chi connectivity index (χ0) is 16.0. The maximum atomic E-state index is 8.98. The summed E-state index contributed by atoms with van der Waals surface area (Å²) in [6.07, 6.45) is 0. The molecule has 3 nitrogen and oxygen atoms in total. The lowest BCUT2D eigenvalue weighted by Crippen LogP contribution is -2.11. The summed E-state index contributed by atoms with van der Waals surface area (Å²) in [7, 11) is 0. The van der Waals surface area contributed by atoms with Gasteiger partial charge < -0.3 is 9.47 Å². The Kier molecular flexibility index (Phi) is 5.06. The van der Waals surface area contributed by atoms with Crippen molar-refractivity contribution in [1.29, 1.82) is 5.26 Å². The molecule has 0 heterocycles. The molecule has 0 spiro atoms. The summed E-state index contributed by atoms with van der Waals surface area (Å²) >= 11 is 0. The number of hydrogen-bond donors (Lipinski definition) is 0. The van der Waals surface area contributed by atoms with E-state index in [2.05, 4.69) is 39.0 Å². The summed E-state index contributed by atoms with van der Waals surface area (Å²) in [5.74, 6) is 1.42. The number of nitriles is 1. The van der Waals surface area contributed by atoms with Crippen molar-refractivity contribution in [2.24, 2.45) is 0 Å². The molecule has 114 valence electrons. The summed E-state index contributed by atoms with van der Waals surface area (Å²) < 4.78 is 11.2. The molecular weight excluding hydrogens is 274 g/mol. The van der Waals surface area contributed by atoms with Gasteiger partial charge in [-0.25, -0.2) is 0 Å². The van der Waals surface area contributed by atoms with Crippen molar-refractivity contribution in [3.8, 4) is 17.6 Å². The summed E-state index contributed by atoms with van der Waals surface area (Å²) in [5.41, 5.74) is 1.96. The Hall–Kier alpha value is -2.47. The number of ether oxygens (including phenoxy) is 2. The SMILES string of the molecule is CC(C)(C)c1ccc(OCCOc2ccccc2C#N)cc1. The molecule has 0 saturated heterocycles. The first-order valence-corrected chi connectivity index (χ1v) is 7.36. The van der Waals surface area contributed by atoms with Gasteiger partial charge in [-0.3, -0.25) is 0 Å². The molecule has 3 heteroatoms. The average Bonchev–Trinajstić information content (AvgIpc) is 2.51. The number of hydrogen-bond acceptors (Lipinski definition) is 3. The second-order valence-corrected chi connectivity index (χ2v) is 6.08. The van der Waals surface area contributed by atoms with Gasteiger partial charge >= 0.3 is 0 Å². The van der Waals surface area contributed by atoms with E-state index < -0.39 is 0 Å². The molecule has 0 aromatic heterocycles. The molecule has 0 atom stereocenters. The van der Waals surface area contributed by atoms with Crippen LogP contribution in [-0.4, -0.2) is 13.2 Å². The second-order valence-electron chi connectivity index (χ2n) is 6.08. The highest BCUT2D eigenvalue weighted by Crippen LogP contribution is 2.24. The monoisotopic (exact) mass is 295 g/mol. The maximum absolute atomic E-state index is 8.98. The quantitative estimate of drug-likeness (QED) is 0.772. The molecule has 0 bridgehead atoms. The average molecular weight is 295 g/mol. The van der Waals surface area contributed by atoms with Crippen molar-refractivity contribution in [1.82, 2.24) is 0 Å². The molecule has 0 amide bonds. The van der Waals surface area contributed by atoms with Gasteiger partial charge in [0.05, 0.1) is 5.56 Å². The molecule has 0 radical (unpaired) electrons. The molecule has 0 fully saturated rings. The van der Waals surface area contributed by atoms with Crippen molar-refractivity contribution in [3.63, 3.8) is 0 Å². The van der Waals surface area contributed by atoms with Gasteiger partial charge in [0, 0.05) is 0 Å². The standard InChI is InChI=1S/C19H21NO2/c1-19(2,3)16-8-10-17(11-9-16)21-12-13-22-18-7-5-4-6-15(18)14-20/h4-11H,12-13H2,1-3H3. The first-order chi connectivity index (χ1) is 10.5. The van der Waals surface area contributed by atoms with E-state index in [0.717, 1.165) is 5.75 Å². The predicted molar refractivity (Wildman–Crippen MR) is 87.3 cm³/mol. The maximum Gasteiger partial charge on any atom is 0.137 e. The van der Waals surface area contributed by atoms with Crippen LogP contribution in [0.5, 0.6) is 11.5 Å². The summed E-state index contributed by atoms with van der Waals surface area (Å²) in [5, 5.41) is 8.98. The van der Waals surface area contributed by atoms with Crippen LogP contribution in [0.2, 0.25) is 0 Å². The first-order valence-electron chi connectivity index (χ1n) is 7.36. The van der Waals surface area contributed by atoms with Gasteiger partial charge in [-0.1, -0.05) is 45.0 Å². The van der Waals surface area contributed by atoms with Crippen LogP contribution in [0.25, 0.3) is 0 Å². The van der Waals surface area contributed by atoms with Gasteiger partial charge in [0.1, 0.15) is 30.8 Å². The van der Waals surface area contributed by atoms with Gasteiger partial charge in [0.2, 0.25) is 0 Å². The zero-order valence-corrected chi connectivity index (χ0v) is 13.3. The van der Waals surface area contributed by atoms with Gasteiger partial charge in [-0.2, -0.15) is 5.26 Å². The predicted octanol–water partition coefficient (Wildman–Crippen LogP) is 4.31. The lowest BCUT2D eigenvalue weighted by Gasteiger charge is -2.19. The van der Waals surface area contributed by atoms with E-state index in [4.69, 9.17) is 14.7 Å². The molecular formula is C19H21NO2. The minimum atomic E-state index is 0.142. The molecule has 0 saturated carbocycles. The minimum Gasteiger partial charge on any atom is -0.490 e. The van der Waals surface area contributed by atoms with Crippen LogP contribution in [0.1, 0.15) is 31.9 Å². The van der Waals surface area contributed by atoms with Crippen molar-refractivity contribution in [2.75, 3.05) is 13.2 Å². The lowest BCUT2D eigenvalue weighted by atomic mass is 9.87. The second kappa shape index (κ2) is 7.00. The molecule has 0 aliphatic carbocycles. The van der Waals surface area contributed by atoms with Crippen molar-refractivity contribution in [3.05, 3.63) is 59.7 Å². The van der Waals surface area contributed by atoms with Gasteiger partial charge in [0.25, 0.3) is 0 Å². The van der Waals surface area contributed by atoms with Crippen molar-refractivity contribution >= 4 is 0 Å². The minimum absolute atomic E-state index is 0.142. The number of para-hydroxylation sites is 1. The normalized spacial score (nSPS) is 10.8.